The van der Waals surface area contributed by atoms with Crippen LogP contribution in [0.15, 0.2) is 97.1 Å². The fraction of sp³-hybridized carbons (Fsp3) is 0.418. The summed E-state index contributed by atoms with van der Waals surface area (Å²) < 4.78 is 29.2. The van der Waals surface area contributed by atoms with Crippen molar-refractivity contribution in [1.82, 2.24) is 61.3 Å². The standard InChI is InChI=1S/C17H18N2O4.C17H20N2O3.C16H15FN2O4.C16H17FN2O3.C16H16N2O4.C16H18N2O3/c1-8(2)10-6-9(3)7-11-14(10)17(23)19(16(11)22)12-4-5-13(20)18-15(12)21;1-10(2)11-5-4-6-12-13(11)9-19(15(12)21)17(3)8-7-14(20)18-16(17)22;1-7(2)8-3-4-9(17)13-12(8)15(22)19(16(13)23)10-5-6-11(20)18-14(10)21;1-9(2)10-4-3-5-11-12(10)8-19(14(11)21)16(17)7-6-13(20)18-15(16)22;1-8(2)9-4-3-5-10-13(9)16(22)18(15(10)21)11-6-7-12(19)17-14(11)20;1-9(2)10-4-3-5-11-12(10)8-18(16(11)21)13-6-7-14(19)17-15(13)20/h6-8,12H,4-5H2,1-3H3,(H,18,20,21);4-6,10H,7-9H2,1-3H3,(H,18,20,22);3-4,7,10H,5-6H2,1-2H3,(H,18,20,21);3-5,9H,6-8H2,1-2H3,(H,18,20,22);3-5,8,11H,6-7H2,1-2H3,(H,17,19,20);3-5,9,13H,6-8H2,1-2H3,(H,17,19,20). The quantitative estimate of drug-likeness (QED) is 0.0490. The second kappa shape index (κ2) is 38.0. The number of imide groups is 9. The molecule has 133 heavy (non-hydrogen) atoms. The maximum Gasteiger partial charge on any atom is 0.285 e. The van der Waals surface area contributed by atoms with Gasteiger partial charge in [0.05, 0.1) is 39.9 Å². The maximum absolute atomic E-state index is 15.1. The number of carbonyl (C=O) groups excluding carboxylic acids is 21. The third-order valence-electron chi connectivity index (χ3n) is 26.0. The fourth-order valence-electron chi connectivity index (χ4n) is 18.9. The largest absolute Gasteiger partial charge is 0.322 e. The summed E-state index contributed by atoms with van der Waals surface area (Å²) in [6.07, 6.45) is 1.59. The van der Waals surface area contributed by atoms with E-state index in [0.29, 0.717) is 82.3 Å². The summed E-state index contributed by atoms with van der Waals surface area (Å²) in [7, 11) is 0. The van der Waals surface area contributed by atoms with Gasteiger partial charge in [-0.1, -0.05) is 149 Å². The highest BCUT2D eigenvalue weighted by Gasteiger charge is 2.56. The van der Waals surface area contributed by atoms with Crippen LogP contribution in [0.1, 0.15) is 351 Å². The van der Waals surface area contributed by atoms with Crippen molar-refractivity contribution in [2.45, 2.75) is 265 Å². The summed E-state index contributed by atoms with van der Waals surface area (Å²) in [4.78, 5) is 261. The SMILES string of the molecule is CC(C)c1ccc(F)c2c1C(=O)N(C1CCC(=O)NC1=O)C2=O.CC(C)c1cccc2c1C(=O)N(C1CCC(=O)NC1=O)C2=O.CC(C)c1cccc2c1CN(C1(C)CCC(=O)NC1=O)C2=O.CC(C)c1cccc2c1CN(C1(F)CCC(=O)NC1=O)C2=O.CC(C)c1cccc2c1CN(C1CCC(=O)NC1=O)C2=O.Cc1cc2c(c(C(C)C)c1)C(=O)N(C1CCC(=O)NC1=O)C2=O. The van der Waals surface area contributed by atoms with Crippen LogP contribution in [0, 0.1) is 12.7 Å². The molecule has 0 saturated carbocycles. The molecule has 6 aromatic rings. The number of amides is 21. The number of fused-ring (bicyclic) bond motifs is 6. The van der Waals surface area contributed by atoms with Crippen molar-refractivity contribution in [3.8, 4) is 0 Å². The van der Waals surface area contributed by atoms with E-state index in [-0.39, 0.29) is 153 Å². The number of alkyl halides is 1. The molecule has 0 spiro atoms. The molecule has 12 heterocycles. The Hall–Kier alpha value is -14.2. The van der Waals surface area contributed by atoms with E-state index in [1.54, 1.807) is 47.1 Å². The summed E-state index contributed by atoms with van der Waals surface area (Å²) in [6, 6.07) is 24.8. The van der Waals surface area contributed by atoms with Crippen LogP contribution in [0.2, 0.25) is 0 Å². The topological polar surface area (TPSA) is 450 Å². The highest BCUT2D eigenvalue weighted by atomic mass is 19.1. The van der Waals surface area contributed by atoms with E-state index in [1.165, 1.54) is 6.07 Å². The Labute approximate surface area is 764 Å². The molecule has 0 aromatic heterocycles. The van der Waals surface area contributed by atoms with Crippen molar-refractivity contribution in [2.75, 3.05) is 0 Å². The van der Waals surface area contributed by atoms with Crippen molar-refractivity contribution in [3.05, 3.63) is 209 Å². The van der Waals surface area contributed by atoms with Crippen LogP contribution in [-0.4, -0.2) is 189 Å². The Balaban J connectivity index is 0.000000136. The van der Waals surface area contributed by atoms with Crippen LogP contribution in [0.25, 0.3) is 0 Å². The third kappa shape index (κ3) is 18.2. The van der Waals surface area contributed by atoms with E-state index < -0.39 is 118 Å². The molecule has 35 heteroatoms. The molecule has 6 aromatic carbocycles. The molecule has 6 unspecified atom stereocenters. The van der Waals surface area contributed by atoms with Crippen LogP contribution in [-0.2, 0) is 77.2 Å². The average molecular weight is 1820 g/mol. The monoisotopic (exact) mass is 1820 g/mol. The van der Waals surface area contributed by atoms with Gasteiger partial charge in [-0.2, -0.15) is 0 Å². The number of piperidine rings is 6. The molecule has 6 saturated heterocycles. The van der Waals surface area contributed by atoms with Crippen LogP contribution in [0.4, 0.5) is 8.78 Å². The molecule has 6 fully saturated rings. The number of hydrogen-bond donors (Lipinski definition) is 6. The van der Waals surface area contributed by atoms with E-state index in [0.717, 1.165) is 75.7 Å². The number of nitrogens with zero attached hydrogens (tertiary/aromatic N) is 6. The lowest BCUT2D eigenvalue weighted by molar-refractivity contribution is -0.154. The number of carbonyl (C=O) groups is 21. The highest BCUT2D eigenvalue weighted by molar-refractivity contribution is 6.27. The zero-order valence-electron chi connectivity index (χ0n) is 76.1. The van der Waals surface area contributed by atoms with Gasteiger partial charge in [-0.15, -0.1) is 0 Å². The normalized spacial score (nSPS) is 22.4. The van der Waals surface area contributed by atoms with E-state index in [9.17, 15) is 105 Å². The number of nitrogens with one attached hydrogen (secondary N) is 6. The summed E-state index contributed by atoms with van der Waals surface area (Å²) in [6.45, 7) is 28.4. The Morgan fingerprint density at radius 2 is 0.654 bits per heavy atom. The van der Waals surface area contributed by atoms with Crippen molar-refractivity contribution in [1.29, 1.82) is 0 Å². The van der Waals surface area contributed by atoms with E-state index in [1.807, 2.05) is 122 Å². The molecule has 33 nitrogen and oxygen atoms in total. The minimum Gasteiger partial charge on any atom is -0.322 e. The van der Waals surface area contributed by atoms with Crippen LogP contribution in [0.3, 0.4) is 0 Å². The second-order valence-corrected chi connectivity index (χ2v) is 36.8. The highest BCUT2D eigenvalue weighted by Crippen LogP contribution is 2.43. The average Bonchev–Trinajstić information content (AvgIpc) is 1.58. The molecule has 18 rings (SSSR count). The Kier molecular flexibility index (Phi) is 27.5. The summed E-state index contributed by atoms with van der Waals surface area (Å²) in [5.74, 6) is -12.2. The molecule has 6 N–H and O–H groups in total. The van der Waals surface area contributed by atoms with Gasteiger partial charge < -0.3 is 9.80 Å². The number of benzene rings is 6. The molecule has 0 radical (unpaired) electrons. The summed E-state index contributed by atoms with van der Waals surface area (Å²) in [5.41, 5.74) is 11.2. The second-order valence-electron chi connectivity index (χ2n) is 36.8. The molecular weight excluding hydrogens is 1720 g/mol. The number of aryl methyl sites for hydroxylation is 1. The Morgan fingerprint density at radius 3 is 1.08 bits per heavy atom. The first-order valence-electron chi connectivity index (χ1n) is 44.5. The first kappa shape index (κ1) is 96.4. The molecule has 12 aliphatic rings. The Morgan fingerprint density at radius 1 is 0.316 bits per heavy atom. The lowest BCUT2D eigenvalue weighted by Gasteiger charge is -2.39. The molecule has 0 aliphatic carbocycles. The molecule has 0 bridgehead atoms. The van der Waals surface area contributed by atoms with Gasteiger partial charge in [0, 0.05) is 74.7 Å². The lowest BCUT2D eigenvalue weighted by Crippen LogP contribution is -2.61. The zero-order valence-corrected chi connectivity index (χ0v) is 76.1. The van der Waals surface area contributed by atoms with Gasteiger partial charge in [0.1, 0.15) is 35.5 Å². The first-order valence-corrected chi connectivity index (χ1v) is 44.5. The van der Waals surface area contributed by atoms with Crippen molar-refractivity contribution in [2.24, 2.45) is 0 Å². The molecule has 6 atom stereocenters. The molecular formula is C98H104F2N12O21. The smallest absolute Gasteiger partial charge is 0.285 e. The molecule has 12 aliphatic heterocycles. The minimum absolute atomic E-state index is 0.0229. The maximum atomic E-state index is 15.1. The molecule has 21 amide bonds. The summed E-state index contributed by atoms with van der Waals surface area (Å²) >= 11 is 0. The predicted octanol–water partition coefficient (Wildman–Crippen LogP) is 9.48. The first-order chi connectivity index (χ1) is 62.7. The Bertz CT molecular complexity index is 5970. The van der Waals surface area contributed by atoms with Gasteiger partial charge in [0.25, 0.3) is 70.8 Å². The van der Waals surface area contributed by atoms with Crippen molar-refractivity contribution >= 4 is 124 Å². The van der Waals surface area contributed by atoms with E-state index in [4.69, 9.17) is 0 Å². The summed E-state index contributed by atoms with van der Waals surface area (Å²) in [5, 5.41) is 13.2. The minimum atomic E-state index is -2.46. The van der Waals surface area contributed by atoms with Crippen molar-refractivity contribution < 1.29 is 109 Å². The van der Waals surface area contributed by atoms with Crippen LogP contribution >= 0.6 is 0 Å². The number of hydrogen-bond acceptors (Lipinski definition) is 21. The van der Waals surface area contributed by atoms with Gasteiger partial charge in [0.15, 0.2) is 0 Å². The van der Waals surface area contributed by atoms with E-state index in [2.05, 4.69) is 54.3 Å². The van der Waals surface area contributed by atoms with E-state index >= 15 is 4.39 Å². The predicted molar refractivity (Wildman–Crippen MR) is 471 cm³/mol. The van der Waals surface area contributed by atoms with Gasteiger partial charge >= 0.3 is 0 Å². The fourth-order valence-corrected chi connectivity index (χ4v) is 18.9. The number of halogens is 2. The van der Waals surface area contributed by atoms with Crippen LogP contribution < -0.4 is 31.9 Å². The van der Waals surface area contributed by atoms with Gasteiger partial charge in [0.2, 0.25) is 59.1 Å². The third-order valence-corrected chi connectivity index (χ3v) is 26.0. The van der Waals surface area contributed by atoms with Gasteiger partial charge in [-0.3, -0.25) is 152 Å². The molecule has 696 valence electrons. The van der Waals surface area contributed by atoms with Crippen molar-refractivity contribution in [3.63, 3.8) is 0 Å². The lowest BCUT2D eigenvalue weighted by atomic mass is 9.89. The van der Waals surface area contributed by atoms with Crippen LogP contribution in [0.5, 0.6) is 0 Å². The van der Waals surface area contributed by atoms with Gasteiger partial charge in [-0.05, 0) is 168 Å². The number of rotatable bonds is 12. The zero-order chi connectivity index (χ0) is 97.1. The van der Waals surface area contributed by atoms with Gasteiger partial charge in [-0.25, -0.2) is 8.78 Å².